The highest BCUT2D eigenvalue weighted by atomic mass is 19.2. The van der Waals surface area contributed by atoms with Gasteiger partial charge in [-0.25, -0.2) is 18.2 Å². The zero-order valence-electron chi connectivity index (χ0n) is 17.7. The minimum atomic E-state index is -1.21. The fourth-order valence-corrected chi connectivity index (χ4v) is 4.63. The van der Waals surface area contributed by atoms with Crippen molar-refractivity contribution in [3.8, 4) is 11.3 Å². The zero-order chi connectivity index (χ0) is 22.8. The molecule has 7 heteroatoms. The minimum absolute atomic E-state index is 0.0198. The molecular weight excluding hydrogens is 415 g/mol. The Morgan fingerprint density at radius 3 is 2.66 bits per heavy atom. The highest BCUT2D eigenvalue weighted by Crippen LogP contribution is 2.37. The molecule has 1 saturated carbocycles. The van der Waals surface area contributed by atoms with E-state index >= 15 is 0 Å². The van der Waals surface area contributed by atoms with Crippen molar-refractivity contribution in [1.82, 2.24) is 9.97 Å². The van der Waals surface area contributed by atoms with Crippen molar-refractivity contribution in [2.45, 2.75) is 44.6 Å². The van der Waals surface area contributed by atoms with Crippen LogP contribution in [-0.4, -0.2) is 21.8 Å². The molecule has 0 amide bonds. The second-order valence-electron chi connectivity index (χ2n) is 8.57. The van der Waals surface area contributed by atoms with Crippen LogP contribution in [0, 0.1) is 23.4 Å². The average Bonchev–Trinajstić information content (AvgIpc) is 2.76. The molecule has 0 aliphatic heterocycles. The summed E-state index contributed by atoms with van der Waals surface area (Å²) in [6.45, 7) is 2.17. The molecule has 2 heterocycles. The van der Waals surface area contributed by atoms with Gasteiger partial charge in [0.15, 0.2) is 17.4 Å². The van der Waals surface area contributed by atoms with Crippen molar-refractivity contribution in [1.29, 1.82) is 0 Å². The number of Topliss-reactive ketones (excluding diaryl/α,β-unsaturated/α-hetero) is 1. The first kappa shape index (κ1) is 22.1. The molecule has 3 aromatic rings. The highest BCUT2D eigenvalue weighted by molar-refractivity contribution is 5.96. The number of nitrogens with zero attached hydrogens (tertiary/aromatic N) is 2. The summed E-state index contributed by atoms with van der Waals surface area (Å²) in [7, 11) is 0. The molecule has 0 spiro atoms. The molecular formula is C25H24F3N3O. The van der Waals surface area contributed by atoms with Crippen LogP contribution in [0.25, 0.3) is 11.3 Å². The molecule has 4 nitrogen and oxygen atoms in total. The van der Waals surface area contributed by atoms with Crippen LogP contribution < -0.4 is 5.73 Å². The second kappa shape index (κ2) is 9.20. The topological polar surface area (TPSA) is 68.9 Å². The van der Waals surface area contributed by atoms with Gasteiger partial charge < -0.3 is 5.73 Å². The smallest absolute Gasteiger partial charge is 0.185 e. The van der Waals surface area contributed by atoms with Crippen LogP contribution in [0.4, 0.5) is 13.2 Å². The number of rotatable bonds is 5. The van der Waals surface area contributed by atoms with E-state index in [0.717, 1.165) is 42.5 Å². The Hall–Kier alpha value is -3.06. The Balaban J connectivity index is 1.63. The predicted molar refractivity (Wildman–Crippen MR) is 116 cm³/mol. The maximum Gasteiger partial charge on any atom is 0.185 e. The van der Waals surface area contributed by atoms with Crippen LogP contribution in [0.15, 0.2) is 48.8 Å². The number of ketones is 1. The fourth-order valence-electron chi connectivity index (χ4n) is 4.63. The molecule has 2 N–H and O–H groups in total. The third-order valence-electron chi connectivity index (χ3n) is 6.05. The van der Waals surface area contributed by atoms with Crippen molar-refractivity contribution in [2.75, 3.05) is 0 Å². The normalized spacial score (nSPS) is 20.8. The van der Waals surface area contributed by atoms with E-state index in [1.54, 1.807) is 12.4 Å². The standard InChI is InChI=1S/C25H24F3N3O/c1-14-9-15(11-17(29)10-14)18-7-8-30-13-16(18)12-23(32)22-6-5-21(27)25(31-22)19-3-2-4-20(26)24(19)28/h2-8,13-15,17H,9-12,29H2,1H3/t14-,15+,17-/m0/s1. The molecule has 1 aliphatic rings. The summed E-state index contributed by atoms with van der Waals surface area (Å²) in [6.07, 6.45) is 6.19. The number of carbonyl (C=O) groups excluding carboxylic acids is 1. The average molecular weight is 439 g/mol. The van der Waals surface area contributed by atoms with E-state index in [2.05, 4.69) is 16.9 Å². The van der Waals surface area contributed by atoms with Gasteiger partial charge in [0.2, 0.25) is 0 Å². The molecule has 4 rings (SSSR count). The summed E-state index contributed by atoms with van der Waals surface area (Å²) in [4.78, 5) is 21.2. The quantitative estimate of drug-likeness (QED) is 0.554. The van der Waals surface area contributed by atoms with E-state index in [-0.39, 0.29) is 35.4 Å². The number of pyridine rings is 2. The van der Waals surface area contributed by atoms with E-state index < -0.39 is 23.1 Å². The maximum absolute atomic E-state index is 14.4. The van der Waals surface area contributed by atoms with Crippen molar-refractivity contribution in [3.63, 3.8) is 0 Å². The van der Waals surface area contributed by atoms with Gasteiger partial charge in [-0.2, -0.15) is 0 Å². The van der Waals surface area contributed by atoms with Gasteiger partial charge >= 0.3 is 0 Å². The number of hydrogen-bond acceptors (Lipinski definition) is 4. The minimum Gasteiger partial charge on any atom is -0.328 e. The van der Waals surface area contributed by atoms with E-state index in [1.807, 2.05) is 6.07 Å². The van der Waals surface area contributed by atoms with Gasteiger partial charge in [-0.1, -0.05) is 13.0 Å². The van der Waals surface area contributed by atoms with Crippen molar-refractivity contribution < 1.29 is 18.0 Å². The van der Waals surface area contributed by atoms with Gasteiger partial charge in [0.25, 0.3) is 0 Å². The third kappa shape index (κ3) is 4.58. The van der Waals surface area contributed by atoms with Crippen molar-refractivity contribution >= 4 is 5.78 Å². The van der Waals surface area contributed by atoms with Gasteiger partial charge in [0.05, 0.1) is 0 Å². The molecule has 0 saturated heterocycles. The molecule has 0 radical (unpaired) electrons. The monoisotopic (exact) mass is 439 g/mol. The van der Waals surface area contributed by atoms with E-state index in [0.29, 0.717) is 5.92 Å². The Labute approximate surface area is 184 Å². The summed E-state index contributed by atoms with van der Waals surface area (Å²) in [5.74, 6) is -2.79. The lowest BCUT2D eigenvalue weighted by Gasteiger charge is -2.32. The van der Waals surface area contributed by atoms with Crippen LogP contribution >= 0.6 is 0 Å². The molecule has 166 valence electrons. The van der Waals surface area contributed by atoms with Gasteiger partial charge in [0.1, 0.15) is 17.2 Å². The van der Waals surface area contributed by atoms with Gasteiger partial charge in [-0.15, -0.1) is 0 Å². The van der Waals surface area contributed by atoms with Gasteiger partial charge in [-0.3, -0.25) is 9.78 Å². The third-order valence-corrected chi connectivity index (χ3v) is 6.05. The molecule has 3 atom stereocenters. The Morgan fingerprint density at radius 1 is 1.06 bits per heavy atom. The SMILES string of the molecule is C[C@@H]1C[C@H](N)C[C@H](c2ccncc2CC(=O)c2ccc(F)c(-c3cccc(F)c3F)n2)C1. The first-order chi connectivity index (χ1) is 15.3. The first-order valence-corrected chi connectivity index (χ1v) is 10.7. The van der Waals surface area contributed by atoms with Crippen LogP contribution in [0.5, 0.6) is 0 Å². The second-order valence-corrected chi connectivity index (χ2v) is 8.57. The summed E-state index contributed by atoms with van der Waals surface area (Å²) >= 11 is 0. The Morgan fingerprint density at radius 2 is 1.88 bits per heavy atom. The number of aromatic nitrogens is 2. The number of nitrogens with two attached hydrogens (primary N) is 1. The van der Waals surface area contributed by atoms with Gasteiger partial charge in [0, 0.05) is 30.4 Å². The molecule has 32 heavy (non-hydrogen) atoms. The largest absolute Gasteiger partial charge is 0.328 e. The zero-order valence-corrected chi connectivity index (χ0v) is 17.7. The summed E-state index contributed by atoms with van der Waals surface area (Å²) in [5, 5.41) is 0. The van der Waals surface area contributed by atoms with E-state index in [1.165, 1.54) is 18.2 Å². The number of hydrogen-bond donors (Lipinski definition) is 1. The molecule has 0 unspecified atom stereocenters. The summed E-state index contributed by atoms with van der Waals surface area (Å²) in [5.41, 5.74) is 7.28. The van der Waals surface area contributed by atoms with E-state index in [4.69, 9.17) is 5.73 Å². The molecule has 0 bridgehead atoms. The Kier molecular flexibility index (Phi) is 6.37. The fraction of sp³-hybridized carbons (Fsp3) is 0.320. The van der Waals surface area contributed by atoms with Gasteiger partial charge in [-0.05, 0) is 72.6 Å². The molecule has 1 fully saturated rings. The molecule has 1 aliphatic carbocycles. The highest BCUT2D eigenvalue weighted by Gasteiger charge is 2.27. The number of carbonyl (C=O) groups is 1. The van der Waals surface area contributed by atoms with Crippen LogP contribution in [0.1, 0.15) is 53.7 Å². The van der Waals surface area contributed by atoms with Crippen LogP contribution in [0.2, 0.25) is 0 Å². The van der Waals surface area contributed by atoms with Crippen LogP contribution in [0.3, 0.4) is 0 Å². The molecule has 2 aromatic heterocycles. The summed E-state index contributed by atoms with van der Waals surface area (Å²) in [6, 6.07) is 7.77. The molecule has 1 aromatic carbocycles. The maximum atomic E-state index is 14.4. The number of benzene rings is 1. The lowest BCUT2D eigenvalue weighted by atomic mass is 9.75. The lowest BCUT2D eigenvalue weighted by Crippen LogP contribution is -2.31. The Bertz CT molecular complexity index is 1140. The lowest BCUT2D eigenvalue weighted by molar-refractivity contribution is 0.0987. The van der Waals surface area contributed by atoms with Crippen molar-refractivity contribution in [2.24, 2.45) is 11.7 Å². The van der Waals surface area contributed by atoms with E-state index in [9.17, 15) is 18.0 Å². The van der Waals surface area contributed by atoms with Crippen molar-refractivity contribution in [3.05, 3.63) is 83.1 Å². The predicted octanol–water partition coefficient (Wildman–Crippen LogP) is 5.22. The van der Waals surface area contributed by atoms with Crippen LogP contribution in [-0.2, 0) is 6.42 Å². The summed E-state index contributed by atoms with van der Waals surface area (Å²) < 4.78 is 42.1. The first-order valence-electron chi connectivity index (χ1n) is 10.7. The number of halogens is 3.